The average molecular weight is 388 g/mol. The predicted octanol–water partition coefficient (Wildman–Crippen LogP) is 2.93. The smallest absolute Gasteiger partial charge is 0.251 e. The lowest BCUT2D eigenvalue weighted by atomic mass is 10.1. The zero-order valence-corrected chi connectivity index (χ0v) is 15.7. The Morgan fingerprint density at radius 2 is 2.14 bits per heavy atom. The molecule has 0 saturated carbocycles. The van der Waals surface area contributed by atoms with Gasteiger partial charge < -0.3 is 15.4 Å². The maximum atomic E-state index is 12.5. The van der Waals surface area contributed by atoms with E-state index in [4.69, 9.17) is 4.74 Å². The molecule has 0 aliphatic carbocycles. The number of carbonyl (C=O) groups excluding carboxylic acids is 1. The Morgan fingerprint density at radius 1 is 1.21 bits per heavy atom. The van der Waals surface area contributed by atoms with Crippen LogP contribution in [0.2, 0.25) is 0 Å². The van der Waals surface area contributed by atoms with E-state index < -0.39 is 0 Å². The fourth-order valence-corrected chi connectivity index (χ4v) is 3.58. The second-order valence-corrected chi connectivity index (χ2v) is 7.02. The van der Waals surface area contributed by atoms with Crippen LogP contribution in [-0.4, -0.2) is 44.7 Å². The number of benzene rings is 2. The summed E-state index contributed by atoms with van der Waals surface area (Å²) in [5.41, 5.74) is 3.71. The first kappa shape index (κ1) is 17.6. The van der Waals surface area contributed by atoms with Gasteiger partial charge in [-0.2, -0.15) is 0 Å². The van der Waals surface area contributed by atoms with Gasteiger partial charge in [0, 0.05) is 24.4 Å². The van der Waals surface area contributed by atoms with Gasteiger partial charge in [-0.15, -0.1) is 10.2 Å². The zero-order chi connectivity index (χ0) is 19.6. The van der Waals surface area contributed by atoms with E-state index in [0.717, 1.165) is 36.2 Å². The summed E-state index contributed by atoms with van der Waals surface area (Å²) in [6.45, 7) is 1.30. The van der Waals surface area contributed by atoms with Crippen molar-refractivity contribution in [3.05, 3.63) is 60.4 Å². The fraction of sp³-hybridized carbons (Fsp3) is 0.238. The van der Waals surface area contributed by atoms with Crippen molar-refractivity contribution in [2.45, 2.75) is 18.9 Å². The maximum Gasteiger partial charge on any atom is 0.251 e. The first-order chi connectivity index (χ1) is 14.3. The molecule has 1 unspecified atom stereocenters. The summed E-state index contributed by atoms with van der Waals surface area (Å²) in [7, 11) is 0. The molecule has 3 heterocycles. The highest BCUT2D eigenvalue weighted by molar-refractivity contribution is 5.95. The third kappa shape index (κ3) is 3.50. The Morgan fingerprint density at radius 3 is 3.03 bits per heavy atom. The lowest BCUT2D eigenvalue weighted by Crippen LogP contribution is -2.31. The molecular weight excluding hydrogens is 368 g/mol. The highest BCUT2D eigenvalue weighted by atomic mass is 16.5. The molecule has 2 aromatic carbocycles. The van der Waals surface area contributed by atoms with Gasteiger partial charge in [0.2, 0.25) is 5.65 Å². The highest BCUT2D eigenvalue weighted by Gasteiger charge is 2.17. The van der Waals surface area contributed by atoms with Gasteiger partial charge in [-0.25, -0.2) is 4.98 Å². The van der Waals surface area contributed by atoms with Gasteiger partial charge in [-0.1, -0.05) is 18.2 Å². The predicted molar refractivity (Wildman–Crippen MR) is 109 cm³/mol. The highest BCUT2D eigenvalue weighted by Crippen LogP contribution is 2.23. The second-order valence-electron chi connectivity index (χ2n) is 7.02. The van der Waals surface area contributed by atoms with Gasteiger partial charge in [0.05, 0.1) is 17.1 Å². The molecule has 1 aliphatic heterocycles. The Bertz CT molecular complexity index is 1180. The SMILES string of the molecule is O=C(NCC1CCCO1)c1cccc(Nc2nc3ccccc3n3cnnc23)c1. The van der Waals surface area contributed by atoms with E-state index in [2.05, 4.69) is 25.8 Å². The van der Waals surface area contributed by atoms with Crippen LogP contribution in [0.3, 0.4) is 0 Å². The number of carbonyl (C=O) groups is 1. The summed E-state index contributed by atoms with van der Waals surface area (Å²) < 4.78 is 7.45. The van der Waals surface area contributed by atoms with Gasteiger partial charge >= 0.3 is 0 Å². The summed E-state index contributed by atoms with van der Waals surface area (Å²) in [6.07, 6.45) is 3.82. The largest absolute Gasteiger partial charge is 0.376 e. The van der Waals surface area contributed by atoms with E-state index in [1.807, 2.05) is 40.8 Å². The lowest BCUT2D eigenvalue weighted by Gasteiger charge is -2.12. The molecule has 1 atom stereocenters. The molecule has 1 aliphatic rings. The number of nitrogens with one attached hydrogen (secondary N) is 2. The zero-order valence-electron chi connectivity index (χ0n) is 15.7. The van der Waals surface area contributed by atoms with Crippen LogP contribution in [0.1, 0.15) is 23.2 Å². The molecule has 29 heavy (non-hydrogen) atoms. The van der Waals surface area contributed by atoms with E-state index in [0.29, 0.717) is 23.6 Å². The first-order valence-electron chi connectivity index (χ1n) is 9.63. The van der Waals surface area contributed by atoms with Gasteiger partial charge in [0.1, 0.15) is 6.33 Å². The van der Waals surface area contributed by atoms with Crippen LogP contribution in [0.15, 0.2) is 54.9 Å². The van der Waals surface area contributed by atoms with Crippen LogP contribution < -0.4 is 10.6 Å². The molecule has 1 saturated heterocycles. The third-order valence-electron chi connectivity index (χ3n) is 5.03. The fourth-order valence-electron chi connectivity index (χ4n) is 3.58. The van der Waals surface area contributed by atoms with Gasteiger partial charge in [-0.3, -0.25) is 9.20 Å². The molecule has 0 bridgehead atoms. The topological polar surface area (TPSA) is 93.4 Å². The Balaban J connectivity index is 1.40. The molecule has 5 rings (SSSR count). The molecule has 0 radical (unpaired) electrons. The number of para-hydroxylation sites is 2. The Hall–Kier alpha value is -3.52. The minimum atomic E-state index is -0.122. The number of anilines is 2. The molecule has 2 N–H and O–H groups in total. The number of aromatic nitrogens is 4. The standard InChI is InChI=1S/C21H20N6O2/c28-21(22-12-16-7-4-10-29-16)14-5-3-6-15(11-14)24-19-20-26-23-13-27(20)18-9-2-1-8-17(18)25-19/h1-3,5-6,8-9,11,13,16H,4,7,10,12H2,(H,22,28)(H,24,25). The summed E-state index contributed by atoms with van der Waals surface area (Å²) in [5.74, 6) is 0.460. The maximum absolute atomic E-state index is 12.5. The van der Waals surface area contributed by atoms with Crippen LogP contribution in [0.4, 0.5) is 11.5 Å². The minimum Gasteiger partial charge on any atom is -0.376 e. The van der Waals surface area contributed by atoms with E-state index in [-0.39, 0.29) is 12.0 Å². The molecule has 4 aromatic rings. The Kier molecular flexibility index (Phi) is 4.53. The minimum absolute atomic E-state index is 0.114. The van der Waals surface area contributed by atoms with Gasteiger partial charge in [0.15, 0.2) is 5.82 Å². The van der Waals surface area contributed by atoms with Crippen LogP contribution in [0, 0.1) is 0 Å². The number of fused-ring (bicyclic) bond motifs is 3. The quantitative estimate of drug-likeness (QED) is 0.546. The van der Waals surface area contributed by atoms with Crippen molar-refractivity contribution in [3.8, 4) is 0 Å². The molecule has 8 nitrogen and oxygen atoms in total. The van der Waals surface area contributed by atoms with Crippen LogP contribution >= 0.6 is 0 Å². The van der Waals surface area contributed by atoms with E-state index in [9.17, 15) is 4.79 Å². The number of ether oxygens (including phenoxy) is 1. The number of rotatable bonds is 5. The van der Waals surface area contributed by atoms with Crippen LogP contribution in [0.5, 0.6) is 0 Å². The number of nitrogens with zero attached hydrogens (tertiary/aromatic N) is 4. The molecule has 146 valence electrons. The van der Waals surface area contributed by atoms with Crippen molar-refractivity contribution in [1.82, 2.24) is 24.9 Å². The number of hydrogen-bond donors (Lipinski definition) is 2. The summed E-state index contributed by atoms with van der Waals surface area (Å²) in [4.78, 5) is 17.2. The second kappa shape index (κ2) is 7.48. The molecular formula is C21H20N6O2. The summed E-state index contributed by atoms with van der Waals surface area (Å²) >= 11 is 0. The van der Waals surface area contributed by atoms with Crippen molar-refractivity contribution in [2.75, 3.05) is 18.5 Å². The third-order valence-corrected chi connectivity index (χ3v) is 5.03. The van der Waals surface area contributed by atoms with Gasteiger partial charge in [-0.05, 0) is 43.2 Å². The van der Waals surface area contributed by atoms with Crippen molar-refractivity contribution >= 4 is 34.1 Å². The molecule has 1 amide bonds. The Labute approximate surface area is 166 Å². The van der Waals surface area contributed by atoms with E-state index >= 15 is 0 Å². The van der Waals surface area contributed by atoms with E-state index in [1.54, 1.807) is 18.5 Å². The van der Waals surface area contributed by atoms with Crippen molar-refractivity contribution in [2.24, 2.45) is 0 Å². The molecule has 8 heteroatoms. The van der Waals surface area contributed by atoms with Crippen molar-refractivity contribution in [3.63, 3.8) is 0 Å². The van der Waals surface area contributed by atoms with Crippen LogP contribution in [-0.2, 0) is 4.74 Å². The van der Waals surface area contributed by atoms with E-state index in [1.165, 1.54) is 0 Å². The van der Waals surface area contributed by atoms with Crippen molar-refractivity contribution in [1.29, 1.82) is 0 Å². The normalized spacial score (nSPS) is 16.3. The summed E-state index contributed by atoms with van der Waals surface area (Å²) in [5, 5.41) is 14.4. The number of amides is 1. The first-order valence-corrected chi connectivity index (χ1v) is 9.63. The number of hydrogen-bond acceptors (Lipinski definition) is 6. The lowest BCUT2D eigenvalue weighted by molar-refractivity contribution is 0.0858. The monoisotopic (exact) mass is 388 g/mol. The molecule has 2 aromatic heterocycles. The van der Waals surface area contributed by atoms with Crippen molar-refractivity contribution < 1.29 is 9.53 Å². The van der Waals surface area contributed by atoms with Crippen LogP contribution in [0.25, 0.3) is 16.7 Å². The average Bonchev–Trinajstić information content (AvgIpc) is 3.45. The van der Waals surface area contributed by atoms with Gasteiger partial charge in [0.25, 0.3) is 5.91 Å². The molecule has 1 fully saturated rings. The summed E-state index contributed by atoms with van der Waals surface area (Å²) in [6, 6.07) is 15.1. The molecule has 0 spiro atoms.